The molecule has 0 aliphatic carbocycles. The number of aromatic nitrogens is 3. The summed E-state index contributed by atoms with van der Waals surface area (Å²) >= 11 is 2.87. The summed E-state index contributed by atoms with van der Waals surface area (Å²) in [5.74, 6) is -0.253. The highest BCUT2D eigenvalue weighted by Gasteiger charge is 2.19. The SMILES string of the molecule is Cc1ccccc1-n1cnnc1SCC(=O)NC(c1ccc(F)cc1)c1cccs1. The number of thiophene rings is 1. The molecule has 4 aromatic rings. The van der Waals surface area contributed by atoms with Crippen LogP contribution in [0, 0.1) is 12.7 Å². The molecule has 0 aliphatic rings. The van der Waals surface area contributed by atoms with E-state index in [2.05, 4.69) is 15.5 Å². The monoisotopic (exact) mass is 438 g/mol. The fourth-order valence-electron chi connectivity index (χ4n) is 3.08. The maximum atomic E-state index is 13.3. The number of rotatable bonds is 7. The zero-order valence-corrected chi connectivity index (χ0v) is 17.8. The molecule has 1 atom stereocenters. The molecule has 2 aromatic heterocycles. The first-order valence-electron chi connectivity index (χ1n) is 9.29. The number of nitrogens with zero attached hydrogens (tertiary/aromatic N) is 3. The van der Waals surface area contributed by atoms with Gasteiger partial charge in [-0.1, -0.05) is 48.2 Å². The molecule has 5 nitrogen and oxygen atoms in total. The Bertz CT molecular complexity index is 1130. The first kappa shape index (κ1) is 20.3. The van der Waals surface area contributed by atoms with E-state index in [-0.39, 0.29) is 23.5 Å². The number of carbonyl (C=O) groups excluding carboxylic acids is 1. The Labute approximate surface area is 182 Å². The lowest BCUT2D eigenvalue weighted by molar-refractivity contribution is -0.119. The molecule has 0 radical (unpaired) electrons. The average molecular weight is 439 g/mol. The fourth-order valence-corrected chi connectivity index (χ4v) is 4.62. The number of benzene rings is 2. The van der Waals surface area contributed by atoms with Gasteiger partial charge in [-0.15, -0.1) is 21.5 Å². The second-order valence-electron chi connectivity index (χ2n) is 6.63. The number of thioether (sulfide) groups is 1. The number of nitrogens with one attached hydrogen (secondary N) is 1. The second-order valence-corrected chi connectivity index (χ2v) is 8.55. The molecular formula is C22H19FN4OS2. The Morgan fingerprint density at radius 1 is 1.17 bits per heavy atom. The molecule has 0 bridgehead atoms. The van der Waals surface area contributed by atoms with Gasteiger partial charge >= 0.3 is 0 Å². The molecule has 0 aliphatic heterocycles. The second kappa shape index (κ2) is 9.23. The number of aryl methyl sites for hydroxylation is 1. The van der Waals surface area contributed by atoms with E-state index < -0.39 is 0 Å². The van der Waals surface area contributed by atoms with Crippen molar-refractivity contribution in [1.82, 2.24) is 20.1 Å². The van der Waals surface area contributed by atoms with Gasteiger partial charge in [0.1, 0.15) is 12.1 Å². The van der Waals surface area contributed by atoms with Crippen LogP contribution in [0.25, 0.3) is 5.69 Å². The first-order valence-corrected chi connectivity index (χ1v) is 11.2. The van der Waals surface area contributed by atoms with Crippen LogP contribution in [0.3, 0.4) is 0 Å². The molecule has 0 saturated heterocycles. The number of para-hydroxylation sites is 1. The standard InChI is InChI=1S/C22H19FN4OS2/c1-15-5-2-3-6-18(15)27-14-24-26-22(27)30-13-20(28)25-21(19-7-4-12-29-19)16-8-10-17(23)11-9-16/h2-12,14,21H,13H2,1H3,(H,25,28). The minimum absolute atomic E-state index is 0.137. The van der Waals surface area contributed by atoms with Crippen LogP contribution in [0.15, 0.2) is 77.5 Å². The predicted octanol–water partition coefficient (Wildman–Crippen LogP) is 4.77. The normalized spacial score (nSPS) is 11.9. The number of hydrogen-bond donors (Lipinski definition) is 1. The van der Waals surface area contributed by atoms with Crippen LogP contribution in [0.4, 0.5) is 4.39 Å². The van der Waals surface area contributed by atoms with Gasteiger partial charge in [-0.3, -0.25) is 9.36 Å². The smallest absolute Gasteiger partial charge is 0.231 e. The van der Waals surface area contributed by atoms with Gasteiger partial charge in [0.25, 0.3) is 0 Å². The van der Waals surface area contributed by atoms with E-state index in [9.17, 15) is 9.18 Å². The summed E-state index contributed by atoms with van der Waals surface area (Å²) in [6.45, 7) is 2.02. The maximum absolute atomic E-state index is 13.3. The van der Waals surface area contributed by atoms with Gasteiger partial charge in [0.15, 0.2) is 5.16 Å². The molecule has 0 spiro atoms. The minimum Gasteiger partial charge on any atom is -0.344 e. The zero-order chi connectivity index (χ0) is 20.9. The third-order valence-corrected chi connectivity index (χ3v) is 6.44. The summed E-state index contributed by atoms with van der Waals surface area (Å²) in [6, 6.07) is 17.7. The molecular weight excluding hydrogens is 419 g/mol. The number of hydrogen-bond acceptors (Lipinski definition) is 5. The predicted molar refractivity (Wildman–Crippen MR) is 118 cm³/mol. The Hall–Kier alpha value is -2.97. The summed E-state index contributed by atoms with van der Waals surface area (Å²) in [5.41, 5.74) is 2.91. The van der Waals surface area contributed by atoms with Gasteiger partial charge in [0.2, 0.25) is 5.91 Å². The van der Waals surface area contributed by atoms with Crippen molar-refractivity contribution in [3.63, 3.8) is 0 Å². The lowest BCUT2D eigenvalue weighted by Crippen LogP contribution is -2.30. The summed E-state index contributed by atoms with van der Waals surface area (Å²) in [6.07, 6.45) is 1.65. The van der Waals surface area contributed by atoms with E-state index in [0.717, 1.165) is 21.7 Å². The third-order valence-electron chi connectivity index (χ3n) is 4.56. The van der Waals surface area contributed by atoms with Gasteiger partial charge in [-0.05, 0) is 47.7 Å². The molecule has 1 unspecified atom stereocenters. The number of amides is 1. The van der Waals surface area contributed by atoms with Gasteiger partial charge in [-0.25, -0.2) is 4.39 Å². The van der Waals surface area contributed by atoms with Gasteiger partial charge < -0.3 is 5.32 Å². The molecule has 1 amide bonds. The largest absolute Gasteiger partial charge is 0.344 e. The molecule has 2 aromatic carbocycles. The Balaban J connectivity index is 1.47. The van der Waals surface area contributed by atoms with Crippen LogP contribution in [0.5, 0.6) is 0 Å². The molecule has 1 N–H and O–H groups in total. The minimum atomic E-state index is -0.326. The summed E-state index contributed by atoms with van der Waals surface area (Å²) < 4.78 is 15.2. The first-order chi connectivity index (χ1) is 14.6. The molecule has 2 heterocycles. The van der Waals surface area contributed by atoms with Crippen LogP contribution < -0.4 is 5.32 Å². The van der Waals surface area contributed by atoms with E-state index in [1.54, 1.807) is 29.8 Å². The van der Waals surface area contributed by atoms with Crippen molar-refractivity contribution < 1.29 is 9.18 Å². The van der Waals surface area contributed by atoms with E-state index in [1.807, 2.05) is 53.3 Å². The van der Waals surface area contributed by atoms with E-state index in [0.29, 0.717) is 5.16 Å². The molecule has 152 valence electrons. The van der Waals surface area contributed by atoms with Crippen LogP contribution in [0.2, 0.25) is 0 Å². The van der Waals surface area contributed by atoms with Gasteiger partial charge in [0, 0.05) is 4.88 Å². The summed E-state index contributed by atoms with van der Waals surface area (Å²) in [7, 11) is 0. The van der Waals surface area contributed by atoms with E-state index in [4.69, 9.17) is 0 Å². The Morgan fingerprint density at radius 2 is 1.97 bits per heavy atom. The van der Waals surface area contributed by atoms with Crippen LogP contribution in [0.1, 0.15) is 22.0 Å². The third kappa shape index (κ3) is 4.60. The molecule has 0 saturated carbocycles. The fraction of sp³-hybridized carbons (Fsp3) is 0.136. The molecule has 8 heteroatoms. The van der Waals surface area contributed by atoms with Crippen LogP contribution in [-0.2, 0) is 4.79 Å². The van der Waals surface area contributed by atoms with Crippen molar-refractivity contribution in [1.29, 1.82) is 0 Å². The molecule has 30 heavy (non-hydrogen) atoms. The quantitative estimate of drug-likeness (QED) is 0.422. The van der Waals surface area contributed by atoms with E-state index in [1.165, 1.54) is 23.9 Å². The summed E-state index contributed by atoms with van der Waals surface area (Å²) in [4.78, 5) is 13.7. The molecule has 0 fully saturated rings. The highest BCUT2D eigenvalue weighted by atomic mass is 32.2. The van der Waals surface area contributed by atoms with Crippen molar-refractivity contribution in [3.05, 3.63) is 94.2 Å². The molecule has 4 rings (SSSR count). The van der Waals surface area contributed by atoms with Crippen molar-refractivity contribution in [2.45, 2.75) is 18.1 Å². The topological polar surface area (TPSA) is 59.8 Å². The van der Waals surface area contributed by atoms with Crippen molar-refractivity contribution in [2.24, 2.45) is 0 Å². The Kier molecular flexibility index (Phi) is 6.25. The van der Waals surface area contributed by atoms with Crippen molar-refractivity contribution in [2.75, 3.05) is 5.75 Å². The highest BCUT2D eigenvalue weighted by Crippen LogP contribution is 2.27. The van der Waals surface area contributed by atoms with Crippen LogP contribution in [-0.4, -0.2) is 26.4 Å². The van der Waals surface area contributed by atoms with Gasteiger partial charge in [0.05, 0.1) is 17.5 Å². The highest BCUT2D eigenvalue weighted by molar-refractivity contribution is 7.99. The number of halogens is 1. The van der Waals surface area contributed by atoms with Crippen molar-refractivity contribution in [3.8, 4) is 5.69 Å². The lowest BCUT2D eigenvalue weighted by Gasteiger charge is -2.18. The summed E-state index contributed by atoms with van der Waals surface area (Å²) in [5, 5.41) is 13.8. The zero-order valence-electron chi connectivity index (χ0n) is 16.2. The number of carbonyl (C=O) groups is 1. The van der Waals surface area contributed by atoms with E-state index >= 15 is 0 Å². The van der Waals surface area contributed by atoms with Gasteiger partial charge in [-0.2, -0.15) is 0 Å². The Morgan fingerprint density at radius 3 is 2.70 bits per heavy atom. The maximum Gasteiger partial charge on any atom is 0.231 e. The average Bonchev–Trinajstić information content (AvgIpc) is 3.44. The van der Waals surface area contributed by atoms with Crippen molar-refractivity contribution >= 4 is 29.0 Å². The van der Waals surface area contributed by atoms with Crippen LogP contribution >= 0.6 is 23.1 Å². The lowest BCUT2D eigenvalue weighted by atomic mass is 10.1.